The van der Waals surface area contributed by atoms with Gasteiger partial charge in [0.05, 0.1) is 9.37 Å². The summed E-state index contributed by atoms with van der Waals surface area (Å²) in [7, 11) is -1.74. The van der Waals surface area contributed by atoms with Gasteiger partial charge >= 0.3 is 0 Å². The molecular formula is C13H18BrFN2O2S. The number of hydrogen-bond acceptors (Lipinski definition) is 3. The molecule has 0 aromatic heterocycles. The van der Waals surface area contributed by atoms with E-state index in [4.69, 9.17) is 0 Å². The first kappa shape index (κ1) is 15.9. The molecule has 1 N–H and O–H groups in total. The first-order chi connectivity index (χ1) is 9.36. The Morgan fingerprint density at radius 1 is 1.45 bits per heavy atom. The van der Waals surface area contributed by atoms with Crippen molar-refractivity contribution in [3.05, 3.63) is 28.0 Å². The van der Waals surface area contributed by atoms with Crippen molar-refractivity contribution in [2.24, 2.45) is 0 Å². The zero-order valence-electron chi connectivity index (χ0n) is 11.5. The summed E-state index contributed by atoms with van der Waals surface area (Å²) in [4.78, 5) is 0.169. The number of aryl methyl sites for hydroxylation is 1. The molecule has 1 atom stereocenters. The average Bonchev–Trinajstić information content (AvgIpc) is 2.42. The van der Waals surface area contributed by atoms with Crippen LogP contribution in [0.4, 0.5) is 4.39 Å². The van der Waals surface area contributed by atoms with Crippen molar-refractivity contribution >= 4 is 26.0 Å². The number of benzene rings is 1. The Hall–Kier alpha value is -0.500. The number of likely N-dealkylation sites (N-methyl/N-ethyl adjacent to an activating group) is 1. The van der Waals surface area contributed by atoms with Crippen LogP contribution in [0, 0.1) is 12.7 Å². The molecule has 0 amide bonds. The molecule has 0 spiro atoms. The standard InChI is InChI=1S/C13H18BrFN2O2S/c1-9-6-12(15)11(14)7-13(9)20(18,19)17-5-3-4-10(8-17)16-2/h6-7,10,16H,3-5,8H2,1-2H3. The van der Waals surface area contributed by atoms with Crippen molar-refractivity contribution in [1.29, 1.82) is 0 Å². The summed E-state index contributed by atoms with van der Waals surface area (Å²) in [5.74, 6) is -0.451. The fourth-order valence-corrected chi connectivity index (χ4v) is 4.69. The van der Waals surface area contributed by atoms with Crippen LogP contribution in [-0.4, -0.2) is 38.9 Å². The second kappa shape index (κ2) is 6.09. The minimum atomic E-state index is -3.58. The summed E-state index contributed by atoms with van der Waals surface area (Å²) >= 11 is 3.05. The normalized spacial score (nSPS) is 21.1. The van der Waals surface area contributed by atoms with E-state index in [0.717, 1.165) is 12.8 Å². The van der Waals surface area contributed by atoms with E-state index in [1.807, 2.05) is 7.05 Å². The van der Waals surface area contributed by atoms with Gasteiger partial charge < -0.3 is 5.32 Å². The molecule has 1 unspecified atom stereocenters. The molecule has 0 bridgehead atoms. The molecule has 1 aliphatic rings. The van der Waals surface area contributed by atoms with Crippen molar-refractivity contribution < 1.29 is 12.8 Å². The van der Waals surface area contributed by atoms with Crippen molar-refractivity contribution in [3.8, 4) is 0 Å². The van der Waals surface area contributed by atoms with Crippen molar-refractivity contribution in [3.63, 3.8) is 0 Å². The van der Waals surface area contributed by atoms with Crippen molar-refractivity contribution in [1.82, 2.24) is 9.62 Å². The summed E-state index contributed by atoms with van der Waals surface area (Å²) in [6.07, 6.45) is 1.79. The van der Waals surface area contributed by atoms with E-state index in [1.54, 1.807) is 6.92 Å². The van der Waals surface area contributed by atoms with Crippen LogP contribution in [0.2, 0.25) is 0 Å². The van der Waals surface area contributed by atoms with E-state index in [9.17, 15) is 12.8 Å². The lowest BCUT2D eigenvalue weighted by Gasteiger charge is -2.32. The molecule has 1 fully saturated rings. The Bertz CT molecular complexity index is 607. The quantitative estimate of drug-likeness (QED) is 0.894. The van der Waals surface area contributed by atoms with Gasteiger partial charge in [-0.25, -0.2) is 12.8 Å². The Labute approximate surface area is 127 Å². The lowest BCUT2D eigenvalue weighted by Crippen LogP contribution is -2.46. The molecule has 1 aromatic rings. The van der Waals surface area contributed by atoms with E-state index in [0.29, 0.717) is 18.7 Å². The van der Waals surface area contributed by atoms with E-state index in [1.165, 1.54) is 16.4 Å². The van der Waals surface area contributed by atoms with Gasteiger partial charge in [-0.1, -0.05) is 0 Å². The first-order valence-corrected chi connectivity index (χ1v) is 8.72. The van der Waals surface area contributed by atoms with Gasteiger partial charge in [0.1, 0.15) is 5.82 Å². The molecule has 1 saturated heterocycles. The maximum atomic E-state index is 13.4. The van der Waals surface area contributed by atoms with E-state index in [-0.39, 0.29) is 15.4 Å². The Balaban J connectivity index is 2.37. The number of piperidine rings is 1. The summed E-state index contributed by atoms with van der Waals surface area (Å²) < 4.78 is 40.5. The molecule has 0 saturated carbocycles. The molecule has 1 aromatic carbocycles. The Morgan fingerprint density at radius 3 is 2.80 bits per heavy atom. The van der Waals surface area contributed by atoms with Crippen LogP contribution in [0.15, 0.2) is 21.5 Å². The largest absolute Gasteiger partial charge is 0.316 e. The Kier molecular flexibility index (Phi) is 4.84. The van der Waals surface area contributed by atoms with Gasteiger partial charge in [-0.3, -0.25) is 0 Å². The smallest absolute Gasteiger partial charge is 0.243 e. The van der Waals surface area contributed by atoms with Gasteiger partial charge in [-0.2, -0.15) is 4.31 Å². The van der Waals surface area contributed by atoms with E-state index < -0.39 is 15.8 Å². The lowest BCUT2D eigenvalue weighted by atomic mass is 10.1. The number of hydrogen-bond donors (Lipinski definition) is 1. The lowest BCUT2D eigenvalue weighted by molar-refractivity contribution is 0.292. The summed E-state index contributed by atoms with van der Waals surface area (Å²) in [6, 6.07) is 2.77. The van der Waals surface area contributed by atoms with Gasteiger partial charge in [-0.05, 0) is 60.4 Å². The molecule has 1 heterocycles. The maximum Gasteiger partial charge on any atom is 0.243 e. The summed E-state index contributed by atoms with van der Waals surface area (Å²) in [6.45, 7) is 2.57. The van der Waals surface area contributed by atoms with Crippen molar-refractivity contribution in [2.75, 3.05) is 20.1 Å². The zero-order valence-corrected chi connectivity index (χ0v) is 13.9. The zero-order chi connectivity index (χ0) is 14.9. The molecular weight excluding hydrogens is 347 g/mol. The molecule has 20 heavy (non-hydrogen) atoms. The minimum absolute atomic E-state index is 0.169. The van der Waals surface area contributed by atoms with Crippen LogP contribution >= 0.6 is 15.9 Å². The molecule has 2 rings (SSSR count). The highest BCUT2D eigenvalue weighted by Gasteiger charge is 2.31. The molecule has 112 valence electrons. The minimum Gasteiger partial charge on any atom is -0.316 e. The molecule has 4 nitrogen and oxygen atoms in total. The molecule has 0 radical (unpaired) electrons. The summed E-state index contributed by atoms with van der Waals surface area (Å²) in [5, 5.41) is 3.12. The van der Waals surface area contributed by atoms with Gasteiger partial charge in [0.15, 0.2) is 0 Å². The van der Waals surface area contributed by atoms with Crippen molar-refractivity contribution in [2.45, 2.75) is 30.7 Å². The fourth-order valence-electron chi connectivity index (χ4n) is 2.44. The first-order valence-electron chi connectivity index (χ1n) is 6.49. The average molecular weight is 365 g/mol. The van der Waals surface area contributed by atoms with Crippen LogP contribution in [0.3, 0.4) is 0 Å². The third-order valence-corrected chi connectivity index (χ3v) is 6.24. The predicted molar refractivity (Wildman–Crippen MR) is 79.7 cm³/mol. The highest BCUT2D eigenvalue weighted by atomic mass is 79.9. The third kappa shape index (κ3) is 3.05. The monoisotopic (exact) mass is 364 g/mol. The number of nitrogens with one attached hydrogen (secondary N) is 1. The summed E-state index contributed by atoms with van der Waals surface area (Å²) in [5.41, 5.74) is 0.428. The topological polar surface area (TPSA) is 49.4 Å². The maximum absolute atomic E-state index is 13.4. The van der Waals surface area contributed by atoms with Crippen LogP contribution in [0.25, 0.3) is 0 Å². The number of nitrogens with zero attached hydrogens (tertiary/aromatic N) is 1. The van der Waals surface area contributed by atoms with Crippen LogP contribution in [-0.2, 0) is 10.0 Å². The van der Waals surface area contributed by atoms with Gasteiger partial charge in [-0.15, -0.1) is 0 Å². The van der Waals surface area contributed by atoms with Gasteiger partial charge in [0, 0.05) is 19.1 Å². The molecule has 1 aliphatic heterocycles. The van der Waals surface area contributed by atoms with Gasteiger partial charge in [0.25, 0.3) is 0 Å². The molecule has 7 heteroatoms. The second-order valence-corrected chi connectivity index (χ2v) is 7.78. The van der Waals surface area contributed by atoms with Crippen LogP contribution < -0.4 is 5.32 Å². The Morgan fingerprint density at radius 2 is 2.15 bits per heavy atom. The molecule has 0 aliphatic carbocycles. The number of halogens is 2. The van der Waals surface area contributed by atoms with Gasteiger partial charge in [0.2, 0.25) is 10.0 Å². The number of rotatable bonds is 3. The highest BCUT2D eigenvalue weighted by Crippen LogP contribution is 2.28. The van der Waals surface area contributed by atoms with Crippen LogP contribution in [0.5, 0.6) is 0 Å². The van der Waals surface area contributed by atoms with E-state index >= 15 is 0 Å². The fraction of sp³-hybridized carbons (Fsp3) is 0.538. The van der Waals surface area contributed by atoms with Crippen LogP contribution in [0.1, 0.15) is 18.4 Å². The third-order valence-electron chi connectivity index (χ3n) is 3.63. The predicted octanol–water partition coefficient (Wildman–Crippen LogP) is 2.27. The number of sulfonamides is 1. The SMILES string of the molecule is CNC1CCCN(S(=O)(=O)c2cc(Br)c(F)cc2C)C1. The highest BCUT2D eigenvalue weighted by molar-refractivity contribution is 9.10. The second-order valence-electron chi connectivity index (χ2n) is 5.02. The van der Waals surface area contributed by atoms with E-state index in [2.05, 4.69) is 21.2 Å².